The minimum Gasteiger partial charge on any atom is -0.385 e. The fourth-order valence-electron chi connectivity index (χ4n) is 3.07. The molecule has 4 N–H and O–H groups in total. The van der Waals surface area contributed by atoms with E-state index in [9.17, 15) is 28.0 Å². The number of nitrogen functional groups attached to an aromatic ring is 1. The molecule has 0 aliphatic rings. The highest BCUT2D eigenvalue weighted by Crippen LogP contribution is 2.19. The summed E-state index contributed by atoms with van der Waals surface area (Å²) in [4.78, 5) is 55.8. The lowest BCUT2D eigenvalue weighted by Crippen LogP contribution is -2.30. The summed E-state index contributed by atoms with van der Waals surface area (Å²) in [7, 11) is 3.48. The second-order valence-electron chi connectivity index (χ2n) is 7.73. The summed E-state index contributed by atoms with van der Waals surface area (Å²) in [6, 6.07) is 10.9. The van der Waals surface area contributed by atoms with Crippen molar-refractivity contribution in [1.29, 1.82) is 0 Å². The van der Waals surface area contributed by atoms with E-state index in [0.29, 0.717) is 7.14 Å². The van der Waals surface area contributed by atoms with E-state index in [1.807, 2.05) is 50.2 Å². The molecule has 11 nitrogen and oxygen atoms in total. The average Bonchev–Trinajstić information content (AvgIpc) is 2.79. The van der Waals surface area contributed by atoms with Crippen molar-refractivity contribution < 1.29 is 8.78 Å². The molecule has 0 saturated heterocycles. The van der Waals surface area contributed by atoms with Crippen LogP contribution >= 0.6 is 45.2 Å². The molecule has 0 fully saturated rings. The highest BCUT2D eigenvalue weighted by molar-refractivity contribution is 14.1. The van der Waals surface area contributed by atoms with Gasteiger partial charge in [0.05, 0.1) is 17.7 Å². The van der Waals surface area contributed by atoms with E-state index in [0.717, 1.165) is 21.3 Å². The Balaban J connectivity index is 0.000000740. The topological polar surface area (TPSA) is 151 Å². The predicted octanol–water partition coefficient (Wildman–Crippen LogP) is 4.25. The van der Waals surface area contributed by atoms with E-state index in [2.05, 4.69) is 9.98 Å². The van der Waals surface area contributed by atoms with Crippen LogP contribution in [0, 0.1) is 18.8 Å². The number of H-pyrrole nitrogens is 2. The highest BCUT2D eigenvalue weighted by Gasteiger charge is 2.13. The molecule has 0 radical (unpaired) electrons. The Morgan fingerprint density at radius 1 is 0.780 bits per heavy atom. The minimum atomic E-state index is -0.768. The maximum absolute atomic E-state index is 14.1. The van der Waals surface area contributed by atoms with Gasteiger partial charge in [0.25, 0.3) is 11.1 Å². The number of anilines is 1. The highest BCUT2D eigenvalue weighted by atomic mass is 127. The van der Waals surface area contributed by atoms with Gasteiger partial charge in [-0.1, -0.05) is 22.3 Å². The van der Waals surface area contributed by atoms with Gasteiger partial charge in [-0.2, -0.15) is 0 Å². The van der Waals surface area contributed by atoms with Crippen molar-refractivity contribution in [3.8, 4) is 11.4 Å². The number of hydrogen-bond donors (Lipinski definition) is 3. The zero-order valence-corrected chi connectivity index (χ0v) is 24.0. The number of aromatic amines is 2. The number of nitrogens with two attached hydrogens (primary N) is 1. The Bertz CT molecular complexity index is 1760. The van der Waals surface area contributed by atoms with E-state index in [-0.39, 0.29) is 45.3 Å². The van der Waals surface area contributed by atoms with Crippen LogP contribution in [0.1, 0.15) is 22.3 Å². The summed E-state index contributed by atoms with van der Waals surface area (Å²) in [6.07, 6.45) is 1.43. The summed E-state index contributed by atoms with van der Waals surface area (Å²) in [5.41, 5.74) is 2.85. The molecule has 15 heteroatoms. The first kappa shape index (κ1) is 37.4. The number of aromatic nitrogens is 4. The molecule has 0 amide bonds. The van der Waals surface area contributed by atoms with Crippen molar-refractivity contribution in [2.24, 2.45) is 4.99 Å². The fraction of sp³-hybridized carbons (Fsp3) is 0.192. The van der Waals surface area contributed by atoms with Gasteiger partial charge in [0, 0.05) is 33.4 Å². The quantitative estimate of drug-likeness (QED) is 0.160. The monoisotopic (exact) mass is 797 g/mol. The molecular formula is C26H31F2I2N7O4. The van der Waals surface area contributed by atoms with E-state index in [1.54, 1.807) is 31.1 Å². The number of rotatable bonds is 4. The molecule has 2 heterocycles. The van der Waals surface area contributed by atoms with Gasteiger partial charge >= 0.3 is 11.4 Å². The Kier molecular flexibility index (Phi) is 14.6. The number of nitrogens with zero attached hydrogens (tertiary/aromatic N) is 4. The molecule has 41 heavy (non-hydrogen) atoms. The molecule has 2 aromatic carbocycles. The lowest BCUT2D eigenvalue weighted by Gasteiger charge is -2.10. The molecular weight excluding hydrogens is 766 g/mol. The van der Waals surface area contributed by atoms with Crippen LogP contribution in [-0.4, -0.2) is 44.4 Å². The standard InChI is InChI=1S/C13H12FIN4O2.C10H7FIN3O2.3CH4/c1-18(2)7-16-11-6-12(20)17-13(21)19(11)10-4-3-8(15)5-9(10)14;11-6-3-5(12)1-2-7(6)15-8(13)4-9(16)14-10(15)17;;;/h3-7H,1-2H3,(H,17,20,21);1-4H,13H2,(H,14,16,17);3*1H4. The average molecular weight is 797 g/mol. The van der Waals surface area contributed by atoms with Crippen LogP contribution in [0.2, 0.25) is 0 Å². The van der Waals surface area contributed by atoms with Crippen LogP contribution in [0.3, 0.4) is 0 Å². The van der Waals surface area contributed by atoms with Crippen LogP contribution in [0.4, 0.5) is 20.4 Å². The zero-order valence-electron chi connectivity index (χ0n) is 19.7. The fourth-order valence-corrected chi connectivity index (χ4v) is 3.98. The summed E-state index contributed by atoms with van der Waals surface area (Å²) in [6.45, 7) is 0. The van der Waals surface area contributed by atoms with Crippen LogP contribution in [0.25, 0.3) is 11.4 Å². The minimum absolute atomic E-state index is 0. The third-order valence-electron chi connectivity index (χ3n) is 4.62. The molecule has 0 aliphatic heterocycles. The Labute approximate surface area is 262 Å². The number of hydrogen-bond acceptors (Lipinski definition) is 6. The molecule has 2 aromatic heterocycles. The van der Waals surface area contributed by atoms with Crippen molar-refractivity contribution in [3.05, 3.63) is 109 Å². The van der Waals surface area contributed by atoms with E-state index < -0.39 is 34.1 Å². The summed E-state index contributed by atoms with van der Waals surface area (Å²) in [5.74, 6) is -1.22. The molecule has 0 atom stereocenters. The van der Waals surface area contributed by atoms with E-state index in [1.165, 1.54) is 30.6 Å². The Morgan fingerprint density at radius 2 is 1.22 bits per heavy atom. The van der Waals surface area contributed by atoms with Crippen LogP contribution in [-0.2, 0) is 0 Å². The second kappa shape index (κ2) is 16.0. The van der Waals surface area contributed by atoms with Gasteiger partial charge in [0.2, 0.25) is 0 Å². The Hall–Kier alpha value is -3.61. The zero-order chi connectivity index (χ0) is 28.1. The number of benzene rings is 2. The van der Waals surface area contributed by atoms with Gasteiger partial charge < -0.3 is 10.6 Å². The van der Waals surface area contributed by atoms with E-state index in [4.69, 9.17) is 5.73 Å². The molecule has 4 aromatic rings. The van der Waals surface area contributed by atoms with Gasteiger partial charge in [-0.15, -0.1) is 0 Å². The first-order valence-electron chi connectivity index (χ1n) is 10.5. The predicted molar refractivity (Wildman–Crippen MR) is 177 cm³/mol. The third kappa shape index (κ3) is 9.48. The first-order chi connectivity index (χ1) is 17.9. The van der Waals surface area contributed by atoms with Gasteiger partial charge in [0.15, 0.2) is 0 Å². The second-order valence-corrected chi connectivity index (χ2v) is 10.2. The van der Waals surface area contributed by atoms with Crippen molar-refractivity contribution >= 4 is 63.2 Å². The molecule has 0 saturated carbocycles. The number of halogens is 4. The SMILES string of the molecule is C.C.C.CN(C)C=Nc1cc(=O)[nH]c(=O)n1-c1ccc(I)cc1F.Nc1cc(=O)[nH]c(=O)n1-c1ccc(I)cc1F. The van der Waals surface area contributed by atoms with Crippen molar-refractivity contribution in [2.45, 2.75) is 22.3 Å². The van der Waals surface area contributed by atoms with E-state index >= 15 is 0 Å². The maximum Gasteiger partial charge on any atom is 0.334 e. The van der Waals surface area contributed by atoms with Gasteiger partial charge in [0.1, 0.15) is 23.3 Å². The lowest BCUT2D eigenvalue weighted by molar-refractivity contribution is 0.613. The summed E-state index contributed by atoms with van der Waals surface area (Å²) < 4.78 is 31.1. The molecule has 0 unspecified atom stereocenters. The smallest absolute Gasteiger partial charge is 0.334 e. The number of nitrogens with one attached hydrogen (secondary N) is 2. The number of aliphatic imine (C=N–C) groups is 1. The molecule has 4 rings (SSSR count). The molecule has 222 valence electrons. The Morgan fingerprint density at radius 3 is 1.66 bits per heavy atom. The molecule has 0 aliphatic carbocycles. The van der Waals surface area contributed by atoms with Gasteiger partial charge in [-0.3, -0.25) is 19.6 Å². The van der Waals surface area contributed by atoms with Gasteiger partial charge in [-0.05, 0) is 81.6 Å². The third-order valence-corrected chi connectivity index (χ3v) is 5.96. The maximum atomic E-state index is 14.1. The molecule has 0 bridgehead atoms. The van der Waals surface area contributed by atoms with Gasteiger partial charge in [-0.25, -0.2) is 32.5 Å². The largest absolute Gasteiger partial charge is 0.385 e. The molecule has 0 spiro atoms. The van der Waals surface area contributed by atoms with Crippen LogP contribution in [0.15, 0.2) is 72.7 Å². The van der Waals surface area contributed by atoms with Crippen LogP contribution in [0.5, 0.6) is 0 Å². The lowest BCUT2D eigenvalue weighted by atomic mass is 10.3. The normalized spacial score (nSPS) is 10.0. The van der Waals surface area contributed by atoms with Crippen LogP contribution < -0.4 is 28.2 Å². The van der Waals surface area contributed by atoms with Crippen molar-refractivity contribution in [2.75, 3.05) is 19.8 Å². The summed E-state index contributed by atoms with van der Waals surface area (Å²) >= 11 is 3.92. The van der Waals surface area contributed by atoms with Crippen molar-refractivity contribution in [1.82, 2.24) is 24.0 Å². The van der Waals surface area contributed by atoms with Crippen molar-refractivity contribution in [3.63, 3.8) is 0 Å². The first-order valence-corrected chi connectivity index (χ1v) is 12.6. The summed E-state index contributed by atoms with van der Waals surface area (Å²) in [5, 5.41) is 0.